The summed E-state index contributed by atoms with van der Waals surface area (Å²) >= 11 is 0. The Hall–Kier alpha value is -0.300. The Morgan fingerprint density at radius 3 is 2.64 bits per heavy atom. The molecule has 0 amide bonds. The monoisotopic (exact) mass is 153 g/mol. The molecule has 0 radical (unpaired) electrons. The van der Waals surface area contributed by atoms with E-state index in [1.807, 2.05) is 0 Å². The lowest BCUT2D eigenvalue weighted by molar-refractivity contribution is 0.245. The molecule has 0 aromatic heterocycles. The average molecular weight is 153 g/mol. The molecule has 0 aliphatic heterocycles. The summed E-state index contributed by atoms with van der Waals surface area (Å²) in [6.45, 7) is 9.21. The van der Waals surface area contributed by atoms with Gasteiger partial charge in [0.2, 0.25) is 0 Å². The minimum absolute atomic E-state index is 0.695. The van der Waals surface area contributed by atoms with Gasteiger partial charge >= 0.3 is 0 Å². The van der Waals surface area contributed by atoms with Gasteiger partial charge in [-0.3, -0.25) is 0 Å². The van der Waals surface area contributed by atoms with Gasteiger partial charge < -0.3 is 5.32 Å². The third-order valence-corrected chi connectivity index (χ3v) is 2.58. The molecule has 0 saturated heterocycles. The highest BCUT2D eigenvalue weighted by molar-refractivity contribution is 4.92. The van der Waals surface area contributed by atoms with Crippen LogP contribution in [0.5, 0.6) is 0 Å². The second-order valence-electron chi connectivity index (χ2n) is 3.82. The number of nitrogens with one attached hydrogen (secondary N) is 1. The van der Waals surface area contributed by atoms with Crippen LogP contribution in [0.3, 0.4) is 0 Å². The lowest BCUT2D eigenvalue weighted by Crippen LogP contribution is -2.37. The van der Waals surface area contributed by atoms with E-state index in [1.54, 1.807) is 0 Å². The molecule has 1 N–H and O–H groups in total. The molecule has 0 aromatic rings. The maximum Gasteiger partial charge on any atom is 0.0161 e. The summed E-state index contributed by atoms with van der Waals surface area (Å²) in [4.78, 5) is 0. The maximum atomic E-state index is 3.87. The molecular formula is C10H19N. The van der Waals surface area contributed by atoms with Crippen LogP contribution in [-0.2, 0) is 0 Å². The minimum atomic E-state index is 0.695. The van der Waals surface area contributed by atoms with E-state index >= 15 is 0 Å². The fraction of sp³-hybridized carbons (Fsp3) is 0.800. The van der Waals surface area contributed by atoms with Crippen LogP contribution in [0.25, 0.3) is 0 Å². The molecule has 0 aromatic carbocycles. The van der Waals surface area contributed by atoms with Crippen LogP contribution >= 0.6 is 0 Å². The molecule has 1 nitrogen and oxygen atoms in total. The van der Waals surface area contributed by atoms with Gasteiger partial charge in [-0.2, -0.15) is 0 Å². The number of rotatable bonds is 4. The third-order valence-electron chi connectivity index (χ3n) is 2.58. The van der Waals surface area contributed by atoms with Crippen molar-refractivity contribution in [1.29, 1.82) is 0 Å². The summed E-state index contributed by atoms with van der Waals surface area (Å²) < 4.78 is 0. The quantitative estimate of drug-likeness (QED) is 0.611. The van der Waals surface area contributed by atoms with E-state index in [0.29, 0.717) is 6.04 Å². The highest BCUT2D eigenvalue weighted by atomic mass is 14.9. The first-order chi connectivity index (χ1) is 5.20. The minimum Gasteiger partial charge on any atom is -0.310 e. The van der Waals surface area contributed by atoms with Gasteiger partial charge in [0.15, 0.2) is 0 Å². The molecule has 0 heterocycles. The Morgan fingerprint density at radius 2 is 2.27 bits per heavy atom. The van der Waals surface area contributed by atoms with Gasteiger partial charge in [0.05, 0.1) is 0 Å². The molecule has 1 aliphatic carbocycles. The number of hydrogen-bond acceptors (Lipinski definition) is 1. The molecule has 1 aliphatic rings. The predicted molar refractivity (Wildman–Crippen MR) is 49.6 cm³/mol. The van der Waals surface area contributed by atoms with Crippen LogP contribution in [0.1, 0.15) is 33.1 Å². The lowest BCUT2D eigenvalue weighted by Gasteiger charge is -2.32. The lowest BCUT2D eigenvalue weighted by atomic mass is 9.80. The third kappa shape index (κ3) is 2.66. The van der Waals surface area contributed by atoms with Crippen LogP contribution in [-0.4, -0.2) is 12.6 Å². The first-order valence-corrected chi connectivity index (χ1v) is 4.58. The zero-order valence-corrected chi connectivity index (χ0v) is 7.69. The topological polar surface area (TPSA) is 12.0 Å². The van der Waals surface area contributed by atoms with E-state index in [0.717, 1.165) is 12.5 Å². The second-order valence-corrected chi connectivity index (χ2v) is 3.82. The molecule has 64 valence electrons. The first-order valence-electron chi connectivity index (χ1n) is 4.58. The van der Waals surface area contributed by atoms with E-state index in [4.69, 9.17) is 0 Å². The van der Waals surface area contributed by atoms with Crippen LogP contribution in [0.15, 0.2) is 12.2 Å². The summed E-state index contributed by atoms with van der Waals surface area (Å²) in [5.74, 6) is 0.939. The molecule has 1 fully saturated rings. The fourth-order valence-electron chi connectivity index (χ4n) is 1.44. The Balaban J connectivity index is 2.09. The molecule has 1 unspecified atom stereocenters. The Morgan fingerprint density at radius 1 is 1.64 bits per heavy atom. The smallest absolute Gasteiger partial charge is 0.0161 e. The zero-order valence-electron chi connectivity index (χ0n) is 7.69. The van der Waals surface area contributed by atoms with Crippen molar-refractivity contribution in [3.8, 4) is 0 Å². The Bertz CT molecular complexity index is 136. The molecule has 1 saturated carbocycles. The van der Waals surface area contributed by atoms with Gasteiger partial charge in [-0.05, 0) is 32.6 Å². The standard InChI is InChI=1S/C10H19N/c1-8(2)7-11-9(3)10-5-4-6-10/h9-11H,1,4-7H2,2-3H3. The Labute approximate surface area is 69.9 Å². The van der Waals surface area contributed by atoms with Gasteiger partial charge in [0.1, 0.15) is 0 Å². The van der Waals surface area contributed by atoms with Crippen molar-refractivity contribution in [2.45, 2.75) is 39.2 Å². The molecule has 0 bridgehead atoms. The predicted octanol–water partition coefficient (Wildman–Crippen LogP) is 2.34. The van der Waals surface area contributed by atoms with Crippen LogP contribution in [0, 0.1) is 5.92 Å². The molecule has 1 rings (SSSR count). The SMILES string of the molecule is C=C(C)CNC(C)C1CCC1. The first kappa shape index (κ1) is 8.79. The van der Waals surface area contributed by atoms with Crippen molar-refractivity contribution in [2.75, 3.05) is 6.54 Å². The summed E-state index contributed by atoms with van der Waals surface area (Å²) in [5, 5.41) is 3.48. The van der Waals surface area contributed by atoms with Crippen molar-refractivity contribution in [2.24, 2.45) is 5.92 Å². The van der Waals surface area contributed by atoms with E-state index in [2.05, 4.69) is 25.7 Å². The molecule has 1 atom stereocenters. The van der Waals surface area contributed by atoms with Crippen LogP contribution < -0.4 is 5.32 Å². The Kier molecular flexibility index (Phi) is 3.13. The molecule has 1 heteroatoms. The summed E-state index contributed by atoms with van der Waals surface area (Å²) in [5.41, 5.74) is 1.23. The molecule has 11 heavy (non-hydrogen) atoms. The van der Waals surface area contributed by atoms with Crippen LogP contribution in [0.4, 0.5) is 0 Å². The maximum absolute atomic E-state index is 3.87. The van der Waals surface area contributed by atoms with Gasteiger partial charge in [0, 0.05) is 12.6 Å². The zero-order chi connectivity index (χ0) is 8.27. The largest absolute Gasteiger partial charge is 0.310 e. The van der Waals surface area contributed by atoms with Crippen molar-refractivity contribution >= 4 is 0 Å². The summed E-state index contributed by atoms with van der Waals surface area (Å²) in [6.07, 6.45) is 4.28. The van der Waals surface area contributed by atoms with E-state index in [9.17, 15) is 0 Å². The fourth-order valence-corrected chi connectivity index (χ4v) is 1.44. The van der Waals surface area contributed by atoms with Crippen molar-refractivity contribution in [3.63, 3.8) is 0 Å². The average Bonchev–Trinajstić information content (AvgIpc) is 1.79. The highest BCUT2D eigenvalue weighted by Crippen LogP contribution is 2.29. The number of hydrogen-bond donors (Lipinski definition) is 1. The molecular weight excluding hydrogens is 134 g/mol. The summed E-state index contributed by atoms with van der Waals surface area (Å²) in [7, 11) is 0. The normalized spacial score (nSPS) is 20.9. The van der Waals surface area contributed by atoms with Gasteiger partial charge in [-0.1, -0.05) is 18.6 Å². The van der Waals surface area contributed by atoms with Gasteiger partial charge in [0.25, 0.3) is 0 Å². The highest BCUT2D eigenvalue weighted by Gasteiger charge is 2.22. The van der Waals surface area contributed by atoms with Crippen molar-refractivity contribution in [1.82, 2.24) is 5.32 Å². The van der Waals surface area contributed by atoms with E-state index in [1.165, 1.54) is 24.8 Å². The van der Waals surface area contributed by atoms with Gasteiger partial charge in [-0.15, -0.1) is 0 Å². The molecule has 0 spiro atoms. The van der Waals surface area contributed by atoms with Crippen LogP contribution in [0.2, 0.25) is 0 Å². The summed E-state index contributed by atoms with van der Waals surface area (Å²) in [6, 6.07) is 0.695. The van der Waals surface area contributed by atoms with E-state index < -0.39 is 0 Å². The second kappa shape index (κ2) is 3.91. The van der Waals surface area contributed by atoms with Crippen molar-refractivity contribution < 1.29 is 0 Å². The van der Waals surface area contributed by atoms with Gasteiger partial charge in [-0.25, -0.2) is 0 Å². The van der Waals surface area contributed by atoms with Crippen molar-refractivity contribution in [3.05, 3.63) is 12.2 Å². The van der Waals surface area contributed by atoms with E-state index in [-0.39, 0.29) is 0 Å².